The largest absolute Gasteiger partial charge is 0.467 e. The second-order valence-electron chi connectivity index (χ2n) is 0.830. The Balaban J connectivity index is 3.00. The number of hydrogen-bond donors (Lipinski definition) is 0. The number of halogens is 1. The van der Waals surface area contributed by atoms with Gasteiger partial charge in [0.2, 0.25) is 0 Å². The monoisotopic (exact) mass is 108 g/mol. The Hall–Kier alpha value is -0.640. The van der Waals surface area contributed by atoms with Gasteiger partial charge in [0.05, 0.1) is 7.11 Å². The number of methoxy groups -OCH3 is 1. The topological polar surface area (TPSA) is 35.5 Å². The molecule has 0 amide bonds. The van der Waals surface area contributed by atoms with Crippen LogP contribution < -0.4 is 0 Å². The fraction of sp³-hybridized carbons (Fsp3) is 0.667. The quantitative estimate of drug-likeness (QED) is 0.469. The van der Waals surface area contributed by atoms with Crippen molar-refractivity contribution in [1.82, 2.24) is 0 Å². The minimum atomic E-state index is -0.720. The summed E-state index contributed by atoms with van der Waals surface area (Å²) in [6.45, 7) is -0.628. The van der Waals surface area contributed by atoms with Crippen LogP contribution in [0.5, 0.6) is 0 Å². The molecule has 0 aromatic carbocycles. The Morgan fingerprint density at radius 1 is 1.86 bits per heavy atom. The lowest BCUT2D eigenvalue weighted by Crippen LogP contribution is -2.05. The predicted octanol–water partition coefficient (Wildman–Crippen LogP) is 0.0605. The molecule has 4 heteroatoms. The maximum absolute atomic E-state index is 10.6. The summed E-state index contributed by atoms with van der Waals surface area (Å²) in [6.07, 6.45) is 0. The average molecular weight is 108 g/mol. The van der Waals surface area contributed by atoms with Gasteiger partial charge in [0.1, 0.15) is 0 Å². The molecular formula is C3H5FO3. The standard InChI is InChI=1S/C3H5FO3/c1-6-3(5)2-7-4/h2H2,1H3. The SMILES string of the molecule is COC(=O)COF. The van der Waals surface area contributed by atoms with Crippen LogP contribution in [0.4, 0.5) is 4.53 Å². The number of carbonyl (C=O) groups is 1. The molecule has 42 valence electrons. The van der Waals surface area contributed by atoms with Crippen molar-refractivity contribution in [2.45, 2.75) is 0 Å². The van der Waals surface area contributed by atoms with Crippen LogP contribution in [0.25, 0.3) is 0 Å². The number of rotatable bonds is 2. The number of hydrogen-bond acceptors (Lipinski definition) is 3. The molecule has 0 atom stereocenters. The van der Waals surface area contributed by atoms with E-state index in [0.717, 1.165) is 7.11 Å². The number of esters is 1. The first-order valence-corrected chi connectivity index (χ1v) is 1.61. The Labute approximate surface area is 39.9 Å². The summed E-state index contributed by atoms with van der Waals surface area (Å²) in [7, 11) is 1.15. The molecule has 0 aliphatic carbocycles. The number of carbonyl (C=O) groups excluding carboxylic acids is 1. The summed E-state index contributed by atoms with van der Waals surface area (Å²) in [5.41, 5.74) is 0. The molecule has 0 N–H and O–H groups in total. The molecule has 0 aliphatic rings. The van der Waals surface area contributed by atoms with Crippen molar-refractivity contribution in [3.05, 3.63) is 0 Å². The summed E-state index contributed by atoms with van der Waals surface area (Å²) in [5.74, 6) is -0.720. The van der Waals surface area contributed by atoms with Gasteiger partial charge in [-0.25, -0.2) is 4.79 Å². The highest BCUT2D eigenvalue weighted by Gasteiger charge is 1.96. The molecule has 0 saturated heterocycles. The predicted molar refractivity (Wildman–Crippen MR) is 19.1 cm³/mol. The van der Waals surface area contributed by atoms with Crippen molar-refractivity contribution in [3.8, 4) is 0 Å². The third kappa shape index (κ3) is 3.18. The van der Waals surface area contributed by atoms with E-state index in [0.29, 0.717) is 0 Å². The highest BCUT2D eigenvalue weighted by atomic mass is 19.3. The normalized spacial score (nSPS) is 8.29. The molecule has 0 heterocycles. The van der Waals surface area contributed by atoms with Crippen LogP contribution in [0.15, 0.2) is 0 Å². The molecule has 0 rings (SSSR count). The molecule has 0 unspecified atom stereocenters. The third-order valence-electron chi connectivity index (χ3n) is 0.400. The number of ether oxygens (including phenoxy) is 1. The van der Waals surface area contributed by atoms with Gasteiger partial charge < -0.3 is 4.74 Å². The Kier molecular flexibility index (Phi) is 3.22. The van der Waals surface area contributed by atoms with Crippen LogP contribution in [0.2, 0.25) is 0 Å². The van der Waals surface area contributed by atoms with Crippen LogP contribution >= 0.6 is 0 Å². The average Bonchev–Trinajstić information content (AvgIpc) is 1.68. The van der Waals surface area contributed by atoms with Gasteiger partial charge >= 0.3 is 5.97 Å². The lowest BCUT2D eigenvalue weighted by Gasteiger charge is -1.89. The first kappa shape index (κ1) is 6.36. The molecule has 0 saturated carbocycles. The van der Waals surface area contributed by atoms with Crippen LogP contribution in [0, 0.1) is 0 Å². The first-order valence-electron chi connectivity index (χ1n) is 1.61. The Bertz CT molecular complexity index is 63.2. The first-order chi connectivity index (χ1) is 3.31. The maximum atomic E-state index is 10.6. The van der Waals surface area contributed by atoms with Crippen molar-refractivity contribution >= 4 is 5.97 Å². The van der Waals surface area contributed by atoms with Gasteiger partial charge in [-0.3, -0.25) is 0 Å². The molecule has 0 radical (unpaired) electrons. The molecule has 7 heavy (non-hydrogen) atoms. The fourth-order valence-corrected chi connectivity index (χ4v) is 0.103. The smallest absolute Gasteiger partial charge is 0.335 e. The van der Waals surface area contributed by atoms with E-state index in [1.165, 1.54) is 0 Å². The van der Waals surface area contributed by atoms with Gasteiger partial charge in [-0.05, 0) is 4.53 Å². The minimum absolute atomic E-state index is 0.628. The maximum Gasteiger partial charge on any atom is 0.335 e. The molecule has 0 aliphatic heterocycles. The van der Waals surface area contributed by atoms with E-state index in [1.54, 1.807) is 0 Å². The second kappa shape index (κ2) is 3.55. The van der Waals surface area contributed by atoms with Gasteiger partial charge in [0, 0.05) is 0 Å². The Morgan fingerprint density at radius 2 is 2.43 bits per heavy atom. The van der Waals surface area contributed by atoms with Crippen LogP contribution in [0.1, 0.15) is 0 Å². The zero-order chi connectivity index (χ0) is 5.70. The van der Waals surface area contributed by atoms with E-state index in [9.17, 15) is 9.32 Å². The lowest BCUT2D eigenvalue weighted by molar-refractivity contribution is -0.173. The van der Waals surface area contributed by atoms with E-state index in [4.69, 9.17) is 0 Å². The van der Waals surface area contributed by atoms with E-state index < -0.39 is 12.6 Å². The highest BCUT2D eigenvalue weighted by Crippen LogP contribution is 1.75. The molecule has 0 aromatic heterocycles. The van der Waals surface area contributed by atoms with Crippen LogP contribution in [0.3, 0.4) is 0 Å². The van der Waals surface area contributed by atoms with Gasteiger partial charge in [0.25, 0.3) is 0 Å². The fourth-order valence-electron chi connectivity index (χ4n) is 0.103. The summed E-state index contributed by atoms with van der Waals surface area (Å²) in [6, 6.07) is 0. The van der Waals surface area contributed by atoms with E-state index in [2.05, 4.69) is 9.68 Å². The summed E-state index contributed by atoms with van der Waals surface area (Å²) in [4.78, 5) is 12.7. The van der Waals surface area contributed by atoms with Gasteiger partial charge in [-0.1, -0.05) is 0 Å². The van der Waals surface area contributed by atoms with Crippen LogP contribution in [-0.2, 0) is 14.5 Å². The lowest BCUT2D eigenvalue weighted by atomic mass is 10.8. The molecular weight excluding hydrogens is 103 g/mol. The van der Waals surface area contributed by atoms with Crippen molar-refractivity contribution < 1.29 is 19.0 Å². The molecule has 0 fully saturated rings. The van der Waals surface area contributed by atoms with E-state index in [-0.39, 0.29) is 0 Å². The van der Waals surface area contributed by atoms with E-state index in [1.807, 2.05) is 0 Å². The summed E-state index contributed by atoms with van der Waals surface area (Å²) >= 11 is 0. The van der Waals surface area contributed by atoms with Gasteiger partial charge in [-0.2, -0.15) is 4.94 Å². The van der Waals surface area contributed by atoms with Gasteiger partial charge in [0.15, 0.2) is 6.61 Å². The van der Waals surface area contributed by atoms with Gasteiger partial charge in [-0.15, -0.1) is 0 Å². The Morgan fingerprint density at radius 3 is 2.57 bits per heavy atom. The third-order valence-corrected chi connectivity index (χ3v) is 0.400. The summed E-state index contributed by atoms with van der Waals surface area (Å²) < 4.78 is 14.6. The molecule has 0 aromatic rings. The minimum Gasteiger partial charge on any atom is -0.467 e. The second-order valence-corrected chi connectivity index (χ2v) is 0.830. The highest BCUT2D eigenvalue weighted by molar-refractivity contribution is 5.70. The molecule has 0 bridgehead atoms. The zero-order valence-electron chi connectivity index (χ0n) is 3.81. The zero-order valence-corrected chi connectivity index (χ0v) is 3.81. The van der Waals surface area contributed by atoms with Crippen molar-refractivity contribution in [3.63, 3.8) is 0 Å². The van der Waals surface area contributed by atoms with Crippen molar-refractivity contribution in [2.75, 3.05) is 13.7 Å². The summed E-state index contributed by atoms with van der Waals surface area (Å²) in [5, 5.41) is 0. The van der Waals surface area contributed by atoms with Crippen LogP contribution in [-0.4, -0.2) is 19.7 Å². The van der Waals surface area contributed by atoms with Crippen molar-refractivity contribution in [1.29, 1.82) is 0 Å². The van der Waals surface area contributed by atoms with E-state index >= 15 is 0 Å². The molecule has 0 spiro atoms. The molecule has 3 nitrogen and oxygen atoms in total. The van der Waals surface area contributed by atoms with Crippen molar-refractivity contribution in [2.24, 2.45) is 0 Å².